The molecule has 8 heteroatoms. The fourth-order valence-corrected chi connectivity index (χ4v) is 4.86. The zero-order valence-electron chi connectivity index (χ0n) is 19.1. The van der Waals surface area contributed by atoms with Crippen molar-refractivity contribution in [2.75, 3.05) is 12.0 Å². The smallest absolute Gasteiger partial charge is 0.335 e. The van der Waals surface area contributed by atoms with Crippen molar-refractivity contribution in [1.82, 2.24) is 5.32 Å². The van der Waals surface area contributed by atoms with Gasteiger partial charge in [-0.2, -0.15) is 0 Å². The highest BCUT2D eigenvalue weighted by atomic mass is 127. The third-order valence-corrected chi connectivity index (χ3v) is 7.07. The third-order valence-electron chi connectivity index (χ3n) is 5.74. The Morgan fingerprint density at radius 3 is 2.43 bits per heavy atom. The molecule has 1 heterocycles. The lowest BCUT2D eigenvalue weighted by atomic mass is 10.0. The zero-order chi connectivity index (χ0) is 25.1. The number of imide groups is 2. The van der Waals surface area contributed by atoms with Gasteiger partial charge in [0.05, 0.1) is 12.8 Å². The van der Waals surface area contributed by atoms with Crippen molar-refractivity contribution in [1.29, 1.82) is 0 Å². The topological polar surface area (TPSA) is 75.7 Å². The molecule has 0 aliphatic carbocycles. The fourth-order valence-electron chi connectivity index (χ4n) is 3.84. The highest BCUT2D eigenvalue weighted by molar-refractivity contribution is 14.1. The van der Waals surface area contributed by atoms with E-state index in [0.29, 0.717) is 28.4 Å². The molecule has 35 heavy (non-hydrogen) atoms. The Bertz CT molecular complexity index is 1350. The number of carbonyl (C=O) groups is 3. The maximum atomic E-state index is 13.2. The van der Waals surface area contributed by atoms with E-state index in [1.807, 2.05) is 49.4 Å². The molecule has 178 valence electrons. The summed E-state index contributed by atoms with van der Waals surface area (Å²) in [4.78, 5) is 39.3. The summed E-state index contributed by atoms with van der Waals surface area (Å²) in [7, 11) is 1.57. The van der Waals surface area contributed by atoms with E-state index in [9.17, 15) is 14.4 Å². The SMILES string of the molecule is CCc1ccc(N2C(=O)NC(=O)/C(=C\c3cc(I)c(Cc4ccccc4Cl)c(OC)c3)C2=O)cc1. The van der Waals surface area contributed by atoms with Crippen molar-refractivity contribution in [3.05, 3.63) is 97.1 Å². The van der Waals surface area contributed by atoms with Gasteiger partial charge in [-0.3, -0.25) is 14.9 Å². The number of carbonyl (C=O) groups excluding carboxylic acids is 3. The van der Waals surface area contributed by atoms with Crippen molar-refractivity contribution < 1.29 is 19.1 Å². The first-order chi connectivity index (χ1) is 16.8. The number of ether oxygens (including phenoxy) is 1. The molecule has 3 aromatic rings. The summed E-state index contributed by atoms with van der Waals surface area (Å²) in [5.74, 6) is -0.817. The number of aryl methyl sites for hydroxylation is 1. The molecule has 0 saturated carbocycles. The number of hydrogen-bond acceptors (Lipinski definition) is 4. The number of rotatable bonds is 6. The van der Waals surface area contributed by atoms with Crippen molar-refractivity contribution >= 4 is 63.8 Å². The van der Waals surface area contributed by atoms with Crippen LogP contribution in [-0.2, 0) is 22.4 Å². The number of anilines is 1. The molecule has 1 aliphatic rings. The first kappa shape index (κ1) is 24.9. The van der Waals surface area contributed by atoms with Crippen LogP contribution in [0.25, 0.3) is 6.08 Å². The summed E-state index contributed by atoms with van der Waals surface area (Å²) in [6.07, 6.45) is 2.87. The second kappa shape index (κ2) is 10.6. The molecule has 0 spiro atoms. The molecule has 0 bridgehead atoms. The van der Waals surface area contributed by atoms with Gasteiger partial charge in [0.1, 0.15) is 11.3 Å². The molecule has 1 N–H and O–H groups in total. The van der Waals surface area contributed by atoms with Gasteiger partial charge in [0.2, 0.25) is 0 Å². The Labute approximate surface area is 222 Å². The largest absolute Gasteiger partial charge is 0.496 e. The van der Waals surface area contributed by atoms with Crippen LogP contribution in [0.3, 0.4) is 0 Å². The molecule has 0 radical (unpaired) electrons. The van der Waals surface area contributed by atoms with Gasteiger partial charge in [-0.25, -0.2) is 9.69 Å². The molecule has 0 aromatic heterocycles. The molecule has 3 aromatic carbocycles. The Morgan fingerprint density at radius 2 is 1.77 bits per heavy atom. The number of nitrogens with zero attached hydrogens (tertiary/aromatic N) is 1. The van der Waals surface area contributed by atoms with Crippen LogP contribution in [0.1, 0.15) is 29.2 Å². The molecule has 1 aliphatic heterocycles. The lowest BCUT2D eigenvalue weighted by Gasteiger charge is -2.26. The highest BCUT2D eigenvalue weighted by Crippen LogP contribution is 2.32. The van der Waals surface area contributed by atoms with Crippen molar-refractivity contribution in [2.45, 2.75) is 19.8 Å². The summed E-state index contributed by atoms with van der Waals surface area (Å²) in [6, 6.07) is 17.5. The van der Waals surface area contributed by atoms with Crippen molar-refractivity contribution in [3.8, 4) is 5.75 Å². The second-order valence-electron chi connectivity index (χ2n) is 7.93. The van der Waals surface area contributed by atoms with E-state index in [1.54, 1.807) is 25.3 Å². The van der Waals surface area contributed by atoms with Gasteiger partial charge < -0.3 is 4.74 Å². The third kappa shape index (κ3) is 5.26. The lowest BCUT2D eigenvalue weighted by Crippen LogP contribution is -2.54. The minimum absolute atomic E-state index is 0.138. The second-order valence-corrected chi connectivity index (χ2v) is 9.50. The molecule has 0 atom stereocenters. The average molecular weight is 601 g/mol. The fraction of sp³-hybridized carbons (Fsp3) is 0.148. The Hall–Kier alpha value is -3.17. The summed E-state index contributed by atoms with van der Waals surface area (Å²) < 4.78 is 6.51. The molecule has 0 unspecified atom stereocenters. The quantitative estimate of drug-likeness (QED) is 0.221. The van der Waals surface area contributed by atoms with E-state index < -0.39 is 17.8 Å². The summed E-state index contributed by atoms with van der Waals surface area (Å²) in [5, 5.41) is 2.93. The van der Waals surface area contributed by atoms with E-state index >= 15 is 0 Å². The van der Waals surface area contributed by atoms with Gasteiger partial charge in [-0.05, 0) is 82.1 Å². The molecular formula is C27H22ClIN2O4. The molecule has 4 amide bonds. The Balaban J connectivity index is 1.69. The van der Waals surface area contributed by atoms with Gasteiger partial charge in [0.25, 0.3) is 11.8 Å². The number of halogens is 2. The van der Waals surface area contributed by atoms with Crippen molar-refractivity contribution in [3.63, 3.8) is 0 Å². The minimum Gasteiger partial charge on any atom is -0.496 e. The van der Waals surface area contributed by atoms with Crippen molar-refractivity contribution in [2.24, 2.45) is 0 Å². The molecular weight excluding hydrogens is 579 g/mol. The maximum Gasteiger partial charge on any atom is 0.335 e. The van der Waals surface area contributed by atoms with Crippen LogP contribution >= 0.6 is 34.2 Å². The zero-order valence-corrected chi connectivity index (χ0v) is 22.0. The number of amides is 4. The number of barbiturate groups is 1. The normalized spacial score (nSPS) is 14.9. The van der Waals surface area contributed by atoms with Crippen LogP contribution in [-0.4, -0.2) is 25.0 Å². The average Bonchev–Trinajstić information content (AvgIpc) is 2.84. The predicted molar refractivity (Wildman–Crippen MR) is 145 cm³/mol. The highest BCUT2D eigenvalue weighted by Gasteiger charge is 2.36. The molecule has 1 saturated heterocycles. The molecule has 4 rings (SSSR count). The predicted octanol–water partition coefficient (Wildman–Crippen LogP) is 5.77. The number of hydrogen-bond donors (Lipinski definition) is 1. The summed E-state index contributed by atoms with van der Waals surface area (Å²) in [5.41, 5.74) is 3.83. The number of methoxy groups -OCH3 is 1. The molecule has 1 fully saturated rings. The summed E-state index contributed by atoms with van der Waals surface area (Å²) >= 11 is 8.54. The Kier molecular flexibility index (Phi) is 7.57. The first-order valence-electron chi connectivity index (χ1n) is 10.9. The van der Waals surface area contributed by atoms with Gasteiger partial charge in [0.15, 0.2) is 0 Å². The molecule has 6 nitrogen and oxygen atoms in total. The number of nitrogens with one attached hydrogen (secondary N) is 1. The van der Waals surface area contributed by atoms with Crippen LogP contribution in [0.4, 0.5) is 10.5 Å². The minimum atomic E-state index is -0.774. The van der Waals surface area contributed by atoms with E-state index in [2.05, 4.69) is 27.9 Å². The van der Waals surface area contributed by atoms with E-state index in [4.69, 9.17) is 16.3 Å². The maximum absolute atomic E-state index is 13.2. The van der Waals surface area contributed by atoms with Crippen LogP contribution in [0.5, 0.6) is 5.75 Å². The standard InChI is InChI=1S/C27H22ClIN2O4/c1-3-16-8-10-19(11-9-16)31-26(33)21(25(32)30-27(31)34)12-17-13-23(29)20(24(14-17)35-2)15-18-6-4-5-7-22(18)28/h4-14H,3,15H2,1-2H3,(H,30,32,34)/b21-12+. The van der Waals surface area contributed by atoms with Gasteiger partial charge in [-0.15, -0.1) is 0 Å². The van der Waals surface area contributed by atoms with Gasteiger partial charge in [-0.1, -0.05) is 48.9 Å². The van der Waals surface area contributed by atoms with Crippen LogP contribution in [0.15, 0.2) is 66.2 Å². The lowest BCUT2D eigenvalue weighted by molar-refractivity contribution is -0.122. The van der Waals surface area contributed by atoms with E-state index in [0.717, 1.165) is 31.6 Å². The monoisotopic (exact) mass is 600 g/mol. The Morgan fingerprint density at radius 1 is 1.06 bits per heavy atom. The van der Waals surface area contributed by atoms with Crippen LogP contribution in [0, 0.1) is 3.57 Å². The first-order valence-corrected chi connectivity index (χ1v) is 12.4. The number of urea groups is 1. The van der Waals surface area contributed by atoms with Gasteiger partial charge >= 0.3 is 6.03 Å². The summed E-state index contributed by atoms with van der Waals surface area (Å²) in [6.45, 7) is 2.02. The van der Waals surface area contributed by atoms with E-state index in [1.165, 1.54) is 6.08 Å². The van der Waals surface area contributed by atoms with Crippen LogP contribution in [0.2, 0.25) is 5.02 Å². The van der Waals surface area contributed by atoms with E-state index in [-0.39, 0.29) is 5.57 Å². The van der Waals surface area contributed by atoms with Gasteiger partial charge in [0, 0.05) is 20.6 Å². The van der Waals surface area contributed by atoms with Crippen LogP contribution < -0.4 is 15.0 Å². The number of benzene rings is 3.